The van der Waals surface area contributed by atoms with Crippen LogP contribution in [0.3, 0.4) is 0 Å². The average molecular weight is 204 g/mol. The van der Waals surface area contributed by atoms with Crippen molar-refractivity contribution in [1.29, 1.82) is 0 Å². The predicted molar refractivity (Wildman–Crippen MR) is 59.6 cm³/mol. The maximum Gasteiger partial charge on any atom is 0.163 e. The Bertz CT molecular complexity index is 382. The Balaban J connectivity index is 2.40. The van der Waals surface area contributed by atoms with Crippen molar-refractivity contribution in [2.75, 3.05) is 6.61 Å². The first-order valence-electron chi connectivity index (χ1n) is 5.52. The van der Waals surface area contributed by atoms with E-state index in [4.69, 9.17) is 4.74 Å². The van der Waals surface area contributed by atoms with Gasteiger partial charge in [-0.1, -0.05) is 13.0 Å². The lowest BCUT2D eigenvalue weighted by molar-refractivity contribution is 0.0967. The lowest BCUT2D eigenvalue weighted by atomic mass is 9.83. The van der Waals surface area contributed by atoms with Crippen LogP contribution in [0.5, 0.6) is 5.75 Å². The minimum atomic E-state index is 0.254. The molecule has 1 aliphatic rings. The molecule has 0 aliphatic heterocycles. The van der Waals surface area contributed by atoms with E-state index in [1.54, 1.807) is 0 Å². The number of hydrogen-bond acceptors (Lipinski definition) is 2. The monoisotopic (exact) mass is 204 g/mol. The number of Topliss-reactive ketones (excluding diaryl/α,β-unsaturated/α-hetero) is 1. The molecule has 0 spiro atoms. The molecule has 1 aromatic rings. The molecule has 0 bridgehead atoms. The Morgan fingerprint density at radius 3 is 3.00 bits per heavy atom. The smallest absolute Gasteiger partial charge is 0.163 e. The number of carbonyl (C=O) groups excluding carboxylic acids is 1. The van der Waals surface area contributed by atoms with Crippen LogP contribution in [0.25, 0.3) is 0 Å². The zero-order valence-corrected chi connectivity index (χ0v) is 9.25. The second-order valence-electron chi connectivity index (χ2n) is 4.04. The van der Waals surface area contributed by atoms with Crippen LogP contribution in [-0.4, -0.2) is 12.4 Å². The molecule has 2 heteroatoms. The zero-order chi connectivity index (χ0) is 10.8. The third-order valence-corrected chi connectivity index (χ3v) is 2.97. The van der Waals surface area contributed by atoms with Crippen molar-refractivity contribution in [2.45, 2.75) is 32.6 Å². The summed E-state index contributed by atoms with van der Waals surface area (Å²) in [6, 6.07) is 5.87. The van der Waals surface area contributed by atoms with E-state index in [0.717, 1.165) is 17.7 Å². The van der Waals surface area contributed by atoms with Gasteiger partial charge in [0.05, 0.1) is 6.61 Å². The molecule has 0 aromatic heterocycles. The van der Waals surface area contributed by atoms with Crippen molar-refractivity contribution in [3.8, 4) is 5.75 Å². The normalized spacial score (nSPS) is 19.9. The van der Waals surface area contributed by atoms with Gasteiger partial charge in [-0.3, -0.25) is 4.79 Å². The van der Waals surface area contributed by atoms with Gasteiger partial charge in [-0.05, 0) is 37.0 Å². The SMILES string of the molecule is CCOc1ccc2c(c1)C(=O)CCC2C. The van der Waals surface area contributed by atoms with Crippen molar-refractivity contribution >= 4 is 5.78 Å². The summed E-state index contributed by atoms with van der Waals surface area (Å²) < 4.78 is 5.40. The second kappa shape index (κ2) is 4.05. The molecule has 2 nitrogen and oxygen atoms in total. The highest BCUT2D eigenvalue weighted by Crippen LogP contribution is 2.33. The fourth-order valence-electron chi connectivity index (χ4n) is 2.10. The van der Waals surface area contributed by atoms with Gasteiger partial charge in [0, 0.05) is 12.0 Å². The van der Waals surface area contributed by atoms with E-state index in [-0.39, 0.29) is 5.78 Å². The Morgan fingerprint density at radius 1 is 1.47 bits per heavy atom. The van der Waals surface area contributed by atoms with Gasteiger partial charge in [0.15, 0.2) is 5.78 Å². The Labute approximate surface area is 90.3 Å². The molecule has 15 heavy (non-hydrogen) atoms. The van der Waals surface area contributed by atoms with Crippen molar-refractivity contribution < 1.29 is 9.53 Å². The topological polar surface area (TPSA) is 26.3 Å². The van der Waals surface area contributed by atoms with E-state index < -0.39 is 0 Å². The maximum absolute atomic E-state index is 11.7. The number of hydrogen-bond donors (Lipinski definition) is 0. The van der Waals surface area contributed by atoms with Crippen LogP contribution in [0.2, 0.25) is 0 Å². The van der Waals surface area contributed by atoms with Crippen LogP contribution in [0.15, 0.2) is 18.2 Å². The third kappa shape index (κ3) is 1.89. The van der Waals surface area contributed by atoms with Gasteiger partial charge in [-0.15, -0.1) is 0 Å². The minimum absolute atomic E-state index is 0.254. The van der Waals surface area contributed by atoms with Crippen LogP contribution in [0, 0.1) is 0 Å². The van der Waals surface area contributed by atoms with E-state index in [0.29, 0.717) is 18.9 Å². The fraction of sp³-hybridized carbons (Fsp3) is 0.462. The van der Waals surface area contributed by atoms with Gasteiger partial charge in [0.25, 0.3) is 0 Å². The van der Waals surface area contributed by atoms with E-state index in [1.807, 2.05) is 25.1 Å². The largest absolute Gasteiger partial charge is 0.494 e. The lowest BCUT2D eigenvalue weighted by Crippen LogP contribution is -2.13. The summed E-state index contributed by atoms with van der Waals surface area (Å²) in [6.45, 7) is 4.76. The van der Waals surface area contributed by atoms with E-state index >= 15 is 0 Å². The number of fused-ring (bicyclic) bond motifs is 1. The molecule has 1 aliphatic carbocycles. The van der Waals surface area contributed by atoms with Crippen LogP contribution >= 0.6 is 0 Å². The molecule has 0 amide bonds. The zero-order valence-electron chi connectivity index (χ0n) is 9.25. The summed E-state index contributed by atoms with van der Waals surface area (Å²) in [5.74, 6) is 1.55. The molecule has 1 aromatic carbocycles. The third-order valence-electron chi connectivity index (χ3n) is 2.97. The first-order chi connectivity index (χ1) is 7.22. The van der Waals surface area contributed by atoms with Gasteiger partial charge in [-0.25, -0.2) is 0 Å². The number of carbonyl (C=O) groups is 1. The van der Waals surface area contributed by atoms with E-state index in [9.17, 15) is 4.79 Å². The van der Waals surface area contributed by atoms with Crippen LogP contribution in [0.4, 0.5) is 0 Å². The molecule has 0 fully saturated rings. The van der Waals surface area contributed by atoms with Crippen LogP contribution in [-0.2, 0) is 0 Å². The van der Waals surface area contributed by atoms with Gasteiger partial charge in [0.2, 0.25) is 0 Å². The molecule has 0 radical (unpaired) electrons. The first-order valence-corrected chi connectivity index (χ1v) is 5.52. The van der Waals surface area contributed by atoms with Gasteiger partial charge in [-0.2, -0.15) is 0 Å². The molecule has 1 atom stereocenters. The van der Waals surface area contributed by atoms with Crippen LogP contribution in [0.1, 0.15) is 48.5 Å². The number of ether oxygens (including phenoxy) is 1. The molecule has 2 rings (SSSR count). The highest BCUT2D eigenvalue weighted by atomic mass is 16.5. The molecule has 80 valence electrons. The Morgan fingerprint density at radius 2 is 2.27 bits per heavy atom. The van der Waals surface area contributed by atoms with Gasteiger partial charge in [0.1, 0.15) is 5.75 Å². The lowest BCUT2D eigenvalue weighted by Gasteiger charge is -2.21. The van der Waals surface area contributed by atoms with Crippen LogP contribution < -0.4 is 4.74 Å². The summed E-state index contributed by atoms with van der Waals surface area (Å²) in [5, 5.41) is 0. The molecule has 0 N–H and O–H groups in total. The van der Waals surface area contributed by atoms with E-state index in [2.05, 4.69) is 6.92 Å². The highest BCUT2D eigenvalue weighted by molar-refractivity contribution is 5.99. The number of rotatable bonds is 2. The maximum atomic E-state index is 11.7. The van der Waals surface area contributed by atoms with Crippen molar-refractivity contribution in [3.63, 3.8) is 0 Å². The molecular formula is C13H16O2. The van der Waals surface area contributed by atoms with Crippen molar-refractivity contribution in [1.82, 2.24) is 0 Å². The molecule has 1 unspecified atom stereocenters. The predicted octanol–water partition coefficient (Wildman–Crippen LogP) is 3.17. The van der Waals surface area contributed by atoms with Gasteiger partial charge < -0.3 is 4.74 Å². The molecule has 0 saturated heterocycles. The second-order valence-corrected chi connectivity index (χ2v) is 4.04. The quantitative estimate of drug-likeness (QED) is 0.739. The summed E-state index contributed by atoms with van der Waals surface area (Å²) in [4.78, 5) is 11.7. The average Bonchev–Trinajstić information content (AvgIpc) is 2.24. The standard InChI is InChI=1S/C13H16O2/c1-3-15-10-5-6-11-9(2)4-7-13(14)12(11)8-10/h5-6,8-9H,3-4,7H2,1-2H3. The molecular weight excluding hydrogens is 188 g/mol. The van der Waals surface area contributed by atoms with E-state index in [1.165, 1.54) is 5.56 Å². The number of benzene rings is 1. The van der Waals surface area contributed by atoms with Crippen molar-refractivity contribution in [2.24, 2.45) is 0 Å². The fourth-order valence-corrected chi connectivity index (χ4v) is 2.10. The number of ketones is 1. The highest BCUT2D eigenvalue weighted by Gasteiger charge is 2.22. The Hall–Kier alpha value is -1.31. The van der Waals surface area contributed by atoms with Crippen molar-refractivity contribution in [3.05, 3.63) is 29.3 Å². The minimum Gasteiger partial charge on any atom is -0.494 e. The molecule has 0 heterocycles. The first kappa shape index (κ1) is 10.2. The molecule has 0 saturated carbocycles. The summed E-state index contributed by atoms with van der Waals surface area (Å²) >= 11 is 0. The Kier molecular flexibility index (Phi) is 2.76. The summed E-state index contributed by atoms with van der Waals surface area (Å²) in [5.41, 5.74) is 2.04. The summed E-state index contributed by atoms with van der Waals surface area (Å²) in [7, 11) is 0. The summed E-state index contributed by atoms with van der Waals surface area (Å²) in [6.07, 6.45) is 1.64. The van der Waals surface area contributed by atoms with Gasteiger partial charge >= 0.3 is 0 Å².